The van der Waals surface area contributed by atoms with Crippen LogP contribution in [0.25, 0.3) is 28.2 Å². The third kappa shape index (κ3) is 4.03. The zero-order valence-corrected chi connectivity index (χ0v) is 15.9. The minimum Gasteiger partial charge on any atom is -0.465 e. The zero-order chi connectivity index (χ0) is 20.9. The molecule has 0 aliphatic heterocycles. The summed E-state index contributed by atoms with van der Waals surface area (Å²) >= 11 is 0. The highest BCUT2D eigenvalue weighted by Crippen LogP contribution is 2.29. The number of fused-ring (bicyclic) bond motifs is 1. The molecular formula is C23H17N5O2. The normalized spacial score (nSPS) is 10.9. The number of anilines is 1. The van der Waals surface area contributed by atoms with Crippen LogP contribution in [0.5, 0.6) is 0 Å². The molecule has 0 radical (unpaired) electrons. The average molecular weight is 395 g/mol. The van der Waals surface area contributed by atoms with Crippen molar-refractivity contribution < 1.29 is 9.90 Å². The fourth-order valence-corrected chi connectivity index (χ4v) is 3.22. The van der Waals surface area contributed by atoms with Crippen LogP contribution in [0.2, 0.25) is 0 Å². The first-order chi connectivity index (χ1) is 14.6. The average Bonchev–Trinajstić information content (AvgIpc) is 3.16. The van der Waals surface area contributed by atoms with Crippen molar-refractivity contribution in [1.29, 1.82) is 5.26 Å². The number of allylic oxidation sites excluding steroid dienone is 1. The van der Waals surface area contributed by atoms with Crippen molar-refractivity contribution in [2.75, 3.05) is 5.32 Å². The van der Waals surface area contributed by atoms with Gasteiger partial charge in [-0.2, -0.15) is 5.26 Å². The van der Waals surface area contributed by atoms with Crippen molar-refractivity contribution in [3.8, 4) is 17.2 Å². The SMILES string of the molecule is N#Cc1ccc2c(c1)nnn2CC=Cc1ccc(-c2ccccc2)c(NC(=O)O)c1. The molecule has 2 N–H and O–H groups in total. The number of nitriles is 1. The Bertz CT molecular complexity index is 1290. The molecule has 1 aromatic heterocycles. The molecule has 0 aliphatic rings. The molecule has 4 rings (SSSR count). The Hall–Kier alpha value is -4.44. The van der Waals surface area contributed by atoms with E-state index in [9.17, 15) is 9.90 Å². The second kappa shape index (κ2) is 8.29. The number of aromatic nitrogens is 3. The molecule has 146 valence electrons. The third-order valence-corrected chi connectivity index (χ3v) is 4.60. The van der Waals surface area contributed by atoms with Crippen molar-refractivity contribution in [2.24, 2.45) is 0 Å². The summed E-state index contributed by atoms with van der Waals surface area (Å²) in [6.45, 7) is 0.491. The summed E-state index contributed by atoms with van der Waals surface area (Å²) in [6, 6.07) is 22.6. The summed E-state index contributed by atoms with van der Waals surface area (Å²) < 4.78 is 1.74. The second-order valence-corrected chi connectivity index (χ2v) is 6.59. The van der Waals surface area contributed by atoms with Crippen molar-refractivity contribution in [1.82, 2.24) is 15.0 Å². The lowest BCUT2D eigenvalue weighted by Crippen LogP contribution is -2.08. The molecule has 4 aromatic rings. The number of amides is 1. The highest BCUT2D eigenvalue weighted by molar-refractivity contribution is 5.91. The van der Waals surface area contributed by atoms with Gasteiger partial charge in [0.1, 0.15) is 5.52 Å². The van der Waals surface area contributed by atoms with Gasteiger partial charge in [-0.25, -0.2) is 9.48 Å². The maximum atomic E-state index is 11.2. The van der Waals surface area contributed by atoms with E-state index >= 15 is 0 Å². The number of hydrogen-bond acceptors (Lipinski definition) is 4. The first-order valence-electron chi connectivity index (χ1n) is 9.23. The van der Waals surface area contributed by atoms with Crippen molar-refractivity contribution in [2.45, 2.75) is 6.54 Å². The molecule has 0 spiro atoms. The van der Waals surface area contributed by atoms with E-state index in [1.165, 1.54) is 0 Å². The molecule has 30 heavy (non-hydrogen) atoms. The van der Waals surface area contributed by atoms with Crippen LogP contribution < -0.4 is 5.32 Å². The smallest absolute Gasteiger partial charge is 0.409 e. The van der Waals surface area contributed by atoms with Gasteiger partial charge < -0.3 is 5.11 Å². The van der Waals surface area contributed by atoms with Gasteiger partial charge in [0, 0.05) is 5.56 Å². The van der Waals surface area contributed by atoms with Crippen LogP contribution in [-0.2, 0) is 6.54 Å². The monoisotopic (exact) mass is 395 g/mol. The van der Waals surface area contributed by atoms with Crippen molar-refractivity contribution >= 4 is 28.9 Å². The highest BCUT2D eigenvalue weighted by atomic mass is 16.4. The molecule has 0 bridgehead atoms. The van der Waals surface area contributed by atoms with Crippen LogP contribution in [0.4, 0.5) is 10.5 Å². The number of rotatable bonds is 5. The number of hydrogen-bond donors (Lipinski definition) is 2. The Labute approximate surface area is 172 Å². The van der Waals surface area contributed by atoms with Crippen molar-refractivity contribution in [3.63, 3.8) is 0 Å². The molecule has 0 aliphatic carbocycles. The molecule has 0 atom stereocenters. The van der Waals surface area contributed by atoms with E-state index in [-0.39, 0.29) is 0 Å². The van der Waals surface area contributed by atoms with Gasteiger partial charge in [-0.1, -0.05) is 59.8 Å². The molecule has 3 aromatic carbocycles. The highest BCUT2D eigenvalue weighted by Gasteiger charge is 2.08. The Kier molecular flexibility index (Phi) is 5.22. The first-order valence-corrected chi connectivity index (χ1v) is 9.23. The Morgan fingerprint density at radius 3 is 2.73 bits per heavy atom. The van der Waals surface area contributed by atoms with E-state index < -0.39 is 6.09 Å². The quantitative estimate of drug-likeness (QED) is 0.506. The predicted molar refractivity (Wildman–Crippen MR) is 115 cm³/mol. The van der Waals surface area contributed by atoms with E-state index in [1.807, 2.05) is 60.7 Å². The van der Waals surface area contributed by atoms with Gasteiger partial charge in [-0.15, -0.1) is 5.10 Å². The molecular weight excluding hydrogens is 378 g/mol. The number of nitrogens with zero attached hydrogens (tertiary/aromatic N) is 4. The first kappa shape index (κ1) is 18.9. The molecule has 1 amide bonds. The van der Waals surface area contributed by atoms with Crippen LogP contribution in [-0.4, -0.2) is 26.2 Å². The van der Waals surface area contributed by atoms with E-state index in [0.717, 1.165) is 22.2 Å². The van der Waals surface area contributed by atoms with Gasteiger partial charge in [0.05, 0.1) is 29.4 Å². The third-order valence-electron chi connectivity index (χ3n) is 4.60. The Morgan fingerprint density at radius 1 is 1.13 bits per heavy atom. The zero-order valence-electron chi connectivity index (χ0n) is 15.9. The van der Waals surface area contributed by atoms with E-state index in [1.54, 1.807) is 22.9 Å². The second-order valence-electron chi connectivity index (χ2n) is 6.59. The van der Waals surface area contributed by atoms with E-state index in [0.29, 0.717) is 23.3 Å². The lowest BCUT2D eigenvalue weighted by molar-refractivity contribution is 0.210. The maximum absolute atomic E-state index is 11.2. The predicted octanol–water partition coefficient (Wildman–Crippen LogP) is 4.77. The maximum Gasteiger partial charge on any atom is 0.409 e. The standard InChI is InChI=1S/C23H17N5O2/c24-15-17-9-11-22-21(14-17)26-27-28(22)12-4-5-16-8-10-19(18-6-2-1-3-7-18)20(13-16)25-23(29)30/h1-11,13-14,25H,12H2,(H,29,30). The lowest BCUT2D eigenvalue weighted by atomic mass is 10.0. The van der Waals surface area contributed by atoms with Crippen LogP contribution in [0.15, 0.2) is 72.8 Å². The summed E-state index contributed by atoms with van der Waals surface area (Å²) in [4.78, 5) is 11.2. The molecule has 0 saturated heterocycles. The lowest BCUT2D eigenvalue weighted by Gasteiger charge is -2.10. The van der Waals surface area contributed by atoms with Gasteiger partial charge in [0.15, 0.2) is 0 Å². The Morgan fingerprint density at radius 2 is 1.97 bits per heavy atom. The van der Waals surface area contributed by atoms with E-state index in [2.05, 4.69) is 21.7 Å². The van der Waals surface area contributed by atoms with Gasteiger partial charge >= 0.3 is 6.09 Å². The van der Waals surface area contributed by atoms with Gasteiger partial charge in [0.2, 0.25) is 0 Å². The fraction of sp³-hybridized carbons (Fsp3) is 0.0435. The van der Waals surface area contributed by atoms with E-state index in [4.69, 9.17) is 5.26 Å². The van der Waals surface area contributed by atoms with Gasteiger partial charge in [-0.3, -0.25) is 5.32 Å². The van der Waals surface area contributed by atoms with Crippen LogP contribution in [0, 0.1) is 11.3 Å². The molecule has 7 nitrogen and oxygen atoms in total. The molecule has 0 saturated carbocycles. The number of carbonyl (C=O) groups is 1. The minimum absolute atomic E-state index is 0.491. The minimum atomic E-state index is -1.11. The summed E-state index contributed by atoms with van der Waals surface area (Å²) in [6.07, 6.45) is 2.71. The summed E-state index contributed by atoms with van der Waals surface area (Å²) in [5, 5.41) is 28.9. The number of benzene rings is 3. The van der Waals surface area contributed by atoms with Crippen LogP contribution >= 0.6 is 0 Å². The fourth-order valence-electron chi connectivity index (χ4n) is 3.22. The van der Waals surface area contributed by atoms with Gasteiger partial charge in [0.25, 0.3) is 0 Å². The number of nitrogens with one attached hydrogen (secondary N) is 1. The van der Waals surface area contributed by atoms with Crippen LogP contribution in [0.3, 0.4) is 0 Å². The van der Waals surface area contributed by atoms with Crippen LogP contribution in [0.1, 0.15) is 11.1 Å². The molecule has 1 heterocycles. The Balaban J connectivity index is 1.58. The summed E-state index contributed by atoms with van der Waals surface area (Å²) in [7, 11) is 0. The molecule has 0 fully saturated rings. The molecule has 7 heteroatoms. The number of carboxylic acid groups (broad SMARTS) is 1. The summed E-state index contributed by atoms with van der Waals surface area (Å²) in [5.74, 6) is 0. The van der Waals surface area contributed by atoms with Gasteiger partial charge in [-0.05, 0) is 35.4 Å². The largest absolute Gasteiger partial charge is 0.465 e. The summed E-state index contributed by atoms with van der Waals surface area (Å²) in [5.41, 5.74) is 5.17. The molecule has 0 unspecified atom stereocenters. The topological polar surface area (TPSA) is 104 Å². The van der Waals surface area contributed by atoms with Crippen molar-refractivity contribution in [3.05, 3.63) is 83.9 Å².